The van der Waals surface area contributed by atoms with Gasteiger partial charge in [0.15, 0.2) is 0 Å². The monoisotopic (exact) mass is 225 g/mol. The molecule has 15 heavy (non-hydrogen) atoms. The van der Waals surface area contributed by atoms with Crippen molar-refractivity contribution in [3.8, 4) is 0 Å². The zero-order valence-corrected chi connectivity index (χ0v) is 9.89. The minimum absolute atomic E-state index is 0.146. The van der Waals surface area contributed by atoms with E-state index in [1.807, 2.05) is 6.92 Å². The van der Waals surface area contributed by atoms with Crippen molar-refractivity contribution in [3.63, 3.8) is 0 Å². The highest BCUT2D eigenvalue weighted by molar-refractivity contribution is 8.06. The van der Waals surface area contributed by atoms with Gasteiger partial charge in [0.05, 0.1) is 17.2 Å². The summed E-state index contributed by atoms with van der Waals surface area (Å²) in [7, 11) is 0. The second-order valence-electron chi connectivity index (χ2n) is 3.64. The summed E-state index contributed by atoms with van der Waals surface area (Å²) in [5.74, 6) is -0.146. The Morgan fingerprint density at radius 1 is 1.67 bits per heavy atom. The molecular weight excluding hydrogens is 210 g/mol. The molecule has 2 aliphatic heterocycles. The number of fused-ring (bicyclic) bond motifs is 1. The van der Waals surface area contributed by atoms with Gasteiger partial charge in [0.25, 0.3) is 0 Å². The Morgan fingerprint density at radius 3 is 3.20 bits per heavy atom. The van der Waals surface area contributed by atoms with Gasteiger partial charge < -0.3 is 9.64 Å². The van der Waals surface area contributed by atoms with Crippen molar-refractivity contribution in [2.45, 2.75) is 26.7 Å². The van der Waals surface area contributed by atoms with Crippen LogP contribution in [-0.2, 0) is 9.53 Å². The molecule has 0 radical (unpaired) electrons. The number of thioether (sulfide) groups is 1. The summed E-state index contributed by atoms with van der Waals surface area (Å²) in [6.45, 7) is 5.39. The van der Waals surface area contributed by atoms with Crippen molar-refractivity contribution in [2.24, 2.45) is 0 Å². The van der Waals surface area contributed by atoms with Crippen molar-refractivity contribution in [2.75, 3.05) is 13.2 Å². The highest BCUT2D eigenvalue weighted by atomic mass is 32.2. The van der Waals surface area contributed by atoms with Gasteiger partial charge >= 0.3 is 5.97 Å². The Hall–Kier alpha value is -0.900. The number of carbonyl (C=O) groups is 1. The standard InChI is InChI=1S/C11H15NO2S/c1-3-14-11(13)9-5-4-6-12-8(2)7-15-10(9)12/h7H,3-6H2,1-2H3. The molecule has 0 bridgehead atoms. The third-order valence-corrected chi connectivity index (χ3v) is 3.75. The van der Waals surface area contributed by atoms with E-state index in [1.165, 1.54) is 5.70 Å². The first kappa shape index (κ1) is 10.6. The summed E-state index contributed by atoms with van der Waals surface area (Å²) in [5.41, 5.74) is 2.08. The van der Waals surface area contributed by atoms with E-state index in [9.17, 15) is 4.79 Å². The molecule has 0 spiro atoms. The molecule has 0 aromatic rings. The predicted molar refractivity (Wildman–Crippen MR) is 60.9 cm³/mol. The molecule has 2 heterocycles. The lowest BCUT2D eigenvalue weighted by Crippen LogP contribution is -2.26. The molecule has 0 aromatic heterocycles. The third kappa shape index (κ3) is 1.91. The van der Waals surface area contributed by atoms with Crippen molar-refractivity contribution in [1.82, 2.24) is 4.90 Å². The summed E-state index contributed by atoms with van der Waals surface area (Å²) in [4.78, 5) is 13.9. The van der Waals surface area contributed by atoms with Crippen molar-refractivity contribution in [1.29, 1.82) is 0 Å². The van der Waals surface area contributed by atoms with Crippen LogP contribution in [0, 0.1) is 0 Å². The summed E-state index contributed by atoms with van der Waals surface area (Å²) >= 11 is 1.64. The van der Waals surface area contributed by atoms with Gasteiger partial charge in [-0.3, -0.25) is 0 Å². The Morgan fingerprint density at radius 2 is 2.47 bits per heavy atom. The maximum absolute atomic E-state index is 11.7. The summed E-state index contributed by atoms with van der Waals surface area (Å²) in [6, 6.07) is 0. The maximum atomic E-state index is 11.7. The van der Waals surface area contributed by atoms with Crippen molar-refractivity contribution < 1.29 is 9.53 Å². The average Bonchev–Trinajstić information content (AvgIpc) is 2.61. The number of ether oxygens (including phenoxy) is 1. The molecule has 0 unspecified atom stereocenters. The number of nitrogens with zero attached hydrogens (tertiary/aromatic N) is 1. The zero-order chi connectivity index (χ0) is 10.8. The molecule has 0 aromatic carbocycles. The second kappa shape index (κ2) is 4.31. The van der Waals surface area contributed by atoms with Crippen molar-refractivity contribution in [3.05, 3.63) is 21.7 Å². The molecule has 0 saturated heterocycles. The van der Waals surface area contributed by atoms with Crippen LogP contribution in [0.2, 0.25) is 0 Å². The number of hydrogen-bond acceptors (Lipinski definition) is 4. The molecule has 0 N–H and O–H groups in total. The molecule has 0 fully saturated rings. The van der Waals surface area contributed by atoms with E-state index in [4.69, 9.17) is 4.74 Å². The van der Waals surface area contributed by atoms with Crippen LogP contribution in [0.4, 0.5) is 0 Å². The fraction of sp³-hybridized carbons (Fsp3) is 0.545. The van der Waals surface area contributed by atoms with Gasteiger partial charge in [-0.2, -0.15) is 0 Å². The molecule has 0 saturated carbocycles. The molecule has 2 rings (SSSR count). The minimum atomic E-state index is -0.146. The lowest BCUT2D eigenvalue weighted by molar-refractivity contribution is -0.138. The zero-order valence-electron chi connectivity index (χ0n) is 9.08. The SMILES string of the molecule is CCOC(=O)C1=C2SC=C(C)N2CCC1. The van der Waals surface area contributed by atoms with Crippen LogP contribution in [0.5, 0.6) is 0 Å². The molecule has 3 nitrogen and oxygen atoms in total. The van der Waals surface area contributed by atoms with Crippen LogP contribution in [-0.4, -0.2) is 24.0 Å². The Labute approximate surface area is 94.2 Å². The average molecular weight is 225 g/mol. The van der Waals surface area contributed by atoms with E-state index in [1.54, 1.807) is 11.8 Å². The first-order valence-electron chi connectivity index (χ1n) is 5.25. The molecule has 82 valence electrons. The lowest BCUT2D eigenvalue weighted by atomic mass is 10.1. The van der Waals surface area contributed by atoms with Gasteiger partial charge in [-0.1, -0.05) is 11.8 Å². The Kier molecular flexibility index (Phi) is 3.05. The predicted octanol–water partition coefficient (Wildman–Crippen LogP) is 2.47. The number of allylic oxidation sites excluding steroid dienone is 1. The highest BCUT2D eigenvalue weighted by Crippen LogP contribution is 2.40. The van der Waals surface area contributed by atoms with Crippen LogP contribution in [0.15, 0.2) is 21.7 Å². The maximum Gasteiger partial charge on any atom is 0.336 e. The normalized spacial score (nSPS) is 20.1. The Bertz CT molecular complexity index is 346. The smallest absolute Gasteiger partial charge is 0.336 e. The first-order valence-corrected chi connectivity index (χ1v) is 6.13. The molecule has 0 atom stereocenters. The number of carbonyl (C=O) groups excluding carboxylic acids is 1. The van der Waals surface area contributed by atoms with Crippen molar-refractivity contribution >= 4 is 17.7 Å². The van der Waals surface area contributed by atoms with E-state index < -0.39 is 0 Å². The number of hydrogen-bond donors (Lipinski definition) is 0. The number of rotatable bonds is 2. The summed E-state index contributed by atoms with van der Waals surface area (Å²) in [5, 5.41) is 3.18. The molecule has 0 amide bonds. The van der Waals surface area contributed by atoms with Crippen LogP contribution >= 0.6 is 11.8 Å². The molecule has 4 heteroatoms. The quantitative estimate of drug-likeness (QED) is 0.675. The fourth-order valence-corrected chi connectivity index (χ4v) is 2.97. The van der Waals surface area contributed by atoms with Crippen LogP contribution in [0.1, 0.15) is 26.7 Å². The van der Waals surface area contributed by atoms with E-state index in [-0.39, 0.29) is 5.97 Å². The van der Waals surface area contributed by atoms with Crippen LogP contribution < -0.4 is 0 Å². The Balaban J connectivity index is 2.24. The fourth-order valence-electron chi connectivity index (χ4n) is 1.87. The second-order valence-corrected chi connectivity index (χ2v) is 4.49. The summed E-state index contributed by atoms with van der Waals surface area (Å²) in [6.07, 6.45) is 1.88. The molecule has 2 aliphatic rings. The minimum Gasteiger partial charge on any atom is -0.463 e. The topological polar surface area (TPSA) is 29.5 Å². The van der Waals surface area contributed by atoms with Gasteiger partial charge in [0, 0.05) is 12.2 Å². The van der Waals surface area contributed by atoms with Gasteiger partial charge in [0.1, 0.15) is 0 Å². The first-order chi connectivity index (χ1) is 7.24. The largest absolute Gasteiger partial charge is 0.463 e. The molecular formula is C11H15NO2S. The van der Waals surface area contributed by atoms with Gasteiger partial charge in [-0.25, -0.2) is 4.79 Å². The number of esters is 1. The van der Waals surface area contributed by atoms with E-state index in [2.05, 4.69) is 17.2 Å². The highest BCUT2D eigenvalue weighted by Gasteiger charge is 2.29. The van der Waals surface area contributed by atoms with Crippen LogP contribution in [0.25, 0.3) is 0 Å². The van der Waals surface area contributed by atoms with Gasteiger partial charge in [-0.05, 0) is 32.1 Å². The van der Waals surface area contributed by atoms with E-state index in [0.29, 0.717) is 6.61 Å². The lowest BCUT2D eigenvalue weighted by Gasteiger charge is -2.27. The molecule has 0 aliphatic carbocycles. The van der Waals surface area contributed by atoms with E-state index >= 15 is 0 Å². The van der Waals surface area contributed by atoms with Gasteiger partial charge in [-0.15, -0.1) is 0 Å². The van der Waals surface area contributed by atoms with E-state index in [0.717, 1.165) is 30.0 Å². The van der Waals surface area contributed by atoms with Gasteiger partial charge in [0.2, 0.25) is 0 Å². The third-order valence-electron chi connectivity index (χ3n) is 2.60. The summed E-state index contributed by atoms with van der Waals surface area (Å²) < 4.78 is 5.06. The van der Waals surface area contributed by atoms with Crippen LogP contribution in [0.3, 0.4) is 0 Å².